The topological polar surface area (TPSA) is 94.8 Å². The molecule has 0 aliphatic rings. The molecule has 3 aromatic rings. The molecule has 1 amide bonds. The molecule has 7 nitrogen and oxygen atoms in total. The first kappa shape index (κ1) is 22.4. The highest BCUT2D eigenvalue weighted by Crippen LogP contribution is 2.31. The average molecular weight is 444 g/mol. The molecule has 1 atom stereocenters. The fraction of sp³-hybridized carbons (Fsp3) is 0.261. The number of esters is 1. The van der Waals surface area contributed by atoms with Crippen molar-refractivity contribution in [1.82, 2.24) is 5.32 Å². The smallest absolute Gasteiger partial charge is 0.408 e. The number of alkyl carbamates (subject to hydrolysis) is 1. The molecule has 3 rings (SSSR count). The summed E-state index contributed by atoms with van der Waals surface area (Å²) in [7, 11) is 0. The lowest BCUT2D eigenvalue weighted by Gasteiger charge is -2.16. The van der Waals surface area contributed by atoms with Crippen molar-refractivity contribution in [3.8, 4) is 5.75 Å². The minimum Gasteiger partial charge on any atom is -0.445 e. The Morgan fingerprint density at radius 1 is 1.13 bits per heavy atom. The maximum absolute atomic E-state index is 12.6. The van der Waals surface area contributed by atoms with Crippen LogP contribution in [-0.4, -0.2) is 18.1 Å². The molecule has 0 unspecified atom stereocenters. The summed E-state index contributed by atoms with van der Waals surface area (Å²) in [4.78, 5) is 36.4. The van der Waals surface area contributed by atoms with Crippen molar-refractivity contribution in [3.63, 3.8) is 0 Å². The number of hydrogen-bond donors (Lipinski definition) is 1. The van der Waals surface area contributed by atoms with Crippen molar-refractivity contribution < 1.29 is 23.5 Å². The Bertz CT molecular complexity index is 1140. The summed E-state index contributed by atoms with van der Waals surface area (Å²) in [6, 6.07) is 12.6. The molecule has 0 fully saturated rings. The summed E-state index contributed by atoms with van der Waals surface area (Å²) < 4.78 is 15.7. The number of carbonyl (C=O) groups excluding carboxylic acids is 2. The standard InChI is InChI=1S/C23H22ClNO6/c1-3-15-10-21(26)30-19-12-20(17(24)11-16(15)19)31-22(27)18(4-2)25-23(28)29-13-14-8-6-5-7-9-14/h5-12,18H,3-4,13H2,1-2H3,(H,25,28)/t18-/m0/s1. The molecule has 0 aliphatic heterocycles. The number of ether oxygens (including phenoxy) is 2. The minimum atomic E-state index is -0.941. The van der Waals surface area contributed by atoms with E-state index >= 15 is 0 Å². The Morgan fingerprint density at radius 2 is 1.87 bits per heavy atom. The molecule has 2 aromatic carbocycles. The van der Waals surface area contributed by atoms with Gasteiger partial charge in [0.05, 0.1) is 5.02 Å². The van der Waals surface area contributed by atoms with Crippen LogP contribution in [0.25, 0.3) is 11.0 Å². The molecule has 0 aliphatic carbocycles. The predicted molar refractivity (Wildman–Crippen MR) is 116 cm³/mol. The number of hydrogen-bond acceptors (Lipinski definition) is 6. The normalized spacial score (nSPS) is 11.7. The van der Waals surface area contributed by atoms with Gasteiger partial charge in [0, 0.05) is 17.5 Å². The number of carbonyl (C=O) groups is 2. The molecule has 0 spiro atoms. The van der Waals surface area contributed by atoms with Crippen LogP contribution >= 0.6 is 11.6 Å². The van der Waals surface area contributed by atoms with E-state index in [4.69, 9.17) is 25.5 Å². The highest BCUT2D eigenvalue weighted by Gasteiger charge is 2.23. The van der Waals surface area contributed by atoms with Crippen molar-refractivity contribution in [2.45, 2.75) is 39.3 Å². The summed E-state index contributed by atoms with van der Waals surface area (Å²) in [6.07, 6.45) is 0.153. The van der Waals surface area contributed by atoms with Gasteiger partial charge in [0.15, 0.2) is 5.75 Å². The third-order valence-corrected chi connectivity index (χ3v) is 4.97. The van der Waals surface area contributed by atoms with Crippen molar-refractivity contribution in [2.75, 3.05) is 0 Å². The largest absolute Gasteiger partial charge is 0.445 e. The maximum atomic E-state index is 12.6. The SMILES string of the molecule is CCc1cc(=O)oc2cc(OC(=O)[C@H](CC)NC(=O)OCc3ccccc3)c(Cl)cc12. The van der Waals surface area contributed by atoms with Crippen LogP contribution in [0.3, 0.4) is 0 Å². The molecule has 0 bridgehead atoms. The van der Waals surface area contributed by atoms with E-state index in [1.165, 1.54) is 12.1 Å². The second-order valence-corrected chi connectivity index (χ2v) is 7.22. The molecule has 1 heterocycles. The van der Waals surface area contributed by atoms with Gasteiger partial charge >= 0.3 is 17.7 Å². The second kappa shape index (κ2) is 10.1. The average Bonchev–Trinajstić information content (AvgIpc) is 2.77. The lowest BCUT2D eigenvalue weighted by Crippen LogP contribution is -2.42. The molecule has 31 heavy (non-hydrogen) atoms. The van der Waals surface area contributed by atoms with Crippen LogP contribution in [0.15, 0.2) is 57.7 Å². The highest BCUT2D eigenvalue weighted by atomic mass is 35.5. The van der Waals surface area contributed by atoms with Gasteiger partial charge in [-0.05, 0) is 30.0 Å². The van der Waals surface area contributed by atoms with Gasteiger partial charge < -0.3 is 19.2 Å². The molecule has 1 N–H and O–H groups in total. The van der Waals surface area contributed by atoms with Crippen LogP contribution in [0.2, 0.25) is 5.02 Å². The van der Waals surface area contributed by atoms with E-state index in [0.29, 0.717) is 11.8 Å². The first-order valence-electron chi connectivity index (χ1n) is 9.86. The Morgan fingerprint density at radius 3 is 2.55 bits per heavy atom. The molecule has 8 heteroatoms. The zero-order chi connectivity index (χ0) is 22.4. The molecule has 0 saturated heterocycles. The summed E-state index contributed by atoms with van der Waals surface area (Å²) in [5, 5.41) is 3.34. The quantitative estimate of drug-likeness (QED) is 0.325. The van der Waals surface area contributed by atoms with Crippen LogP contribution in [0.4, 0.5) is 4.79 Å². The number of fused-ring (bicyclic) bond motifs is 1. The summed E-state index contributed by atoms with van der Waals surface area (Å²) in [5.74, 6) is -0.678. The molecule has 0 saturated carbocycles. The van der Waals surface area contributed by atoms with E-state index in [1.54, 1.807) is 13.0 Å². The number of nitrogens with one attached hydrogen (secondary N) is 1. The van der Waals surface area contributed by atoms with Crippen LogP contribution < -0.4 is 15.7 Å². The van der Waals surface area contributed by atoms with Gasteiger partial charge in [0.1, 0.15) is 18.2 Å². The van der Waals surface area contributed by atoms with Crippen LogP contribution in [0.5, 0.6) is 5.75 Å². The Hall–Kier alpha value is -3.32. The van der Waals surface area contributed by atoms with Crippen LogP contribution in [-0.2, 0) is 22.6 Å². The summed E-state index contributed by atoms with van der Waals surface area (Å²) in [5.41, 5.74) is 1.36. The van der Waals surface area contributed by atoms with Gasteiger partial charge in [0.2, 0.25) is 0 Å². The van der Waals surface area contributed by atoms with Crippen molar-refractivity contribution in [2.24, 2.45) is 0 Å². The Balaban J connectivity index is 1.70. The Kier molecular flexibility index (Phi) is 7.31. The van der Waals surface area contributed by atoms with Gasteiger partial charge in [-0.25, -0.2) is 14.4 Å². The van der Waals surface area contributed by atoms with Crippen molar-refractivity contribution in [1.29, 1.82) is 0 Å². The Labute approximate surface area is 183 Å². The predicted octanol–water partition coefficient (Wildman–Crippen LogP) is 4.62. The molecule has 1 aromatic heterocycles. The van der Waals surface area contributed by atoms with Crippen LogP contribution in [0.1, 0.15) is 31.4 Å². The van der Waals surface area contributed by atoms with Crippen molar-refractivity contribution in [3.05, 3.63) is 75.1 Å². The number of benzene rings is 2. The lowest BCUT2D eigenvalue weighted by atomic mass is 10.1. The van der Waals surface area contributed by atoms with E-state index in [1.807, 2.05) is 37.3 Å². The molecular weight excluding hydrogens is 422 g/mol. The highest BCUT2D eigenvalue weighted by molar-refractivity contribution is 6.33. The maximum Gasteiger partial charge on any atom is 0.408 e. The van der Waals surface area contributed by atoms with Gasteiger partial charge in [-0.3, -0.25) is 0 Å². The van der Waals surface area contributed by atoms with Crippen molar-refractivity contribution >= 4 is 34.6 Å². The van der Waals surface area contributed by atoms with E-state index in [-0.39, 0.29) is 29.4 Å². The molecule has 162 valence electrons. The number of rotatable bonds is 7. The van der Waals surface area contributed by atoms with E-state index in [9.17, 15) is 14.4 Å². The fourth-order valence-electron chi connectivity index (χ4n) is 3.01. The molecule has 0 radical (unpaired) electrons. The summed E-state index contributed by atoms with van der Waals surface area (Å²) in [6.45, 7) is 3.70. The first-order valence-corrected chi connectivity index (χ1v) is 10.2. The second-order valence-electron chi connectivity index (χ2n) is 6.81. The van der Waals surface area contributed by atoms with E-state index in [2.05, 4.69) is 5.32 Å². The number of amides is 1. The van der Waals surface area contributed by atoms with Gasteiger partial charge in [-0.1, -0.05) is 55.8 Å². The van der Waals surface area contributed by atoms with E-state index in [0.717, 1.165) is 11.1 Å². The third kappa shape index (κ3) is 5.64. The van der Waals surface area contributed by atoms with Gasteiger partial charge in [-0.15, -0.1) is 0 Å². The zero-order valence-corrected chi connectivity index (χ0v) is 17.9. The monoisotopic (exact) mass is 443 g/mol. The van der Waals surface area contributed by atoms with Crippen LogP contribution in [0, 0.1) is 0 Å². The first-order chi connectivity index (χ1) is 14.9. The summed E-state index contributed by atoms with van der Waals surface area (Å²) >= 11 is 6.28. The number of halogens is 1. The zero-order valence-electron chi connectivity index (χ0n) is 17.1. The lowest BCUT2D eigenvalue weighted by molar-refractivity contribution is -0.136. The van der Waals surface area contributed by atoms with E-state index < -0.39 is 23.7 Å². The van der Waals surface area contributed by atoms with Gasteiger partial charge in [0.25, 0.3) is 0 Å². The minimum absolute atomic E-state index is 0.0356. The molecular formula is C23H22ClNO6. The fourth-order valence-corrected chi connectivity index (χ4v) is 3.22. The third-order valence-electron chi connectivity index (χ3n) is 4.67. The number of aryl methyl sites for hydroxylation is 1. The van der Waals surface area contributed by atoms with Gasteiger partial charge in [-0.2, -0.15) is 0 Å².